The van der Waals surface area contributed by atoms with E-state index in [9.17, 15) is 10.2 Å². The number of aliphatic hydroxyl groups is 2. The Balaban J connectivity index is 1.37. The lowest BCUT2D eigenvalue weighted by molar-refractivity contribution is -0.189. The molecule has 2 unspecified atom stereocenters. The van der Waals surface area contributed by atoms with Crippen LogP contribution in [-0.2, 0) is 16.0 Å². The number of ether oxygens (including phenoxy) is 3. The highest BCUT2D eigenvalue weighted by molar-refractivity contribution is 6.08. The van der Waals surface area contributed by atoms with Crippen molar-refractivity contribution in [3.05, 3.63) is 90.1 Å². The minimum Gasteiger partial charge on any atom is -0.497 e. The highest BCUT2D eigenvalue weighted by Crippen LogP contribution is 2.34. The number of rotatable bonds is 6. The lowest BCUT2D eigenvalue weighted by Crippen LogP contribution is -2.47. The van der Waals surface area contributed by atoms with Crippen molar-refractivity contribution in [2.75, 3.05) is 13.7 Å². The number of methoxy groups -OCH3 is 1. The van der Waals surface area contributed by atoms with E-state index in [4.69, 9.17) is 19.2 Å². The van der Waals surface area contributed by atoms with Crippen molar-refractivity contribution in [2.45, 2.75) is 37.5 Å². The second-order valence-electron chi connectivity index (χ2n) is 9.27. The molecule has 3 aromatic carbocycles. The molecule has 0 saturated carbocycles. The fourth-order valence-electron chi connectivity index (χ4n) is 5.06. The van der Waals surface area contributed by atoms with E-state index in [1.54, 1.807) is 7.11 Å². The molecule has 6 rings (SSSR count). The number of benzene rings is 3. The second kappa shape index (κ2) is 9.43. The normalized spacial score (nSPS) is 23.2. The van der Waals surface area contributed by atoms with Crippen LogP contribution in [0.4, 0.5) is 0 Å². The van der Waals surface area contributed by atoms with Gasteiger partial charge >= 0.3 is 0 Å². The van der Waals surface area contributed by atoms with E-state index in [0.29, 0.717) is 18.9 Å². The highest BCUT2D eigenvalue weighted by atomic mass is 16.7. The first-order chi connectivity index (χ1) is 17.6. The van der Waals surface area contributed by atoms with E-state index in [1.165, 1.54) is 11.1 Å². The van der Waals surface area contributed by atoms with Crippen molar-refractivity contribution >= 4 is 16.8 Å². The van der Waals surface area contributed by atoms with Gasteiger partial charge < -0.3 is 29.0 Å². The summed E-state index contributed by atoms with van der Waals surface area (Å²) in [6, 6.07) is 24.3. The van der Waals surface area contributed by atoms with Gasteiger partial charge in [0.1, 0.15) is 11.8 Å². The molecule has 3 heterocycles. The standard InChI is InChI=1S/C29H28N2O5/c1-34-21-10-11-23-24(28-30-27-26(33)14-22(17-32)35-29(27)36-28)16-31(25(23)13-21)15-18-6-5-9-20(12-18)19-7-3-2-4-8-19/h2-13,16,22,26-27,29,32-33H,14-15,17H2,1H3/t22?,26?,27-,29-/m1/s1. The largest absolute Gasteiger partial charge is 0.497 e. The SMILES string of the molecule is COc1ccc2c(C3=N[C@@H]4C(O)CC(CO)O[C@@H]4O3)cn(Cc3cccc(-c4ccccc4)c3)c2c1. The van der Waals surface area contributed by atoms with Gasteiger partial charge in [-0.1, -0.05) is 48.5 Å². The maximum Gasteiger partial charge on any atom is 0.227 e. The van der Waals surface area contributed by atoms with Crippen LogP contribution in [0.5, 0.6) is 5.75 Å². The lowest BCUT2D eigenvalue weighted by Gasteiger charge is -2.32. The molecule has 4 aromatic rings. The molecule has 7 heteroatoms. The van der Waals surface area contributed by atoms with E-state index in [-0.39, 0.29) is 6.61 Å². The summed E-state index contributed by atoms with van der Waals surface area (Å²) in [5, 5.41) is 21.0. The summed E-state index contributed by atoms with van der Waals surface area (Å²) >= 11 is 0. The number of aliphatic hydroxyl groups excluding tert-OH is 2. The topological polar surface area (TPSA) is 85.4 Å². The van der Waals surface area contributed by atoms with Crippen LogP contribution >= 0.6 is 0 Å². The quantitative estimate of drug-likeness (QED) is 0.433. The first kappa shape index (κ1) is 22.8. The number of aliphatic imine (C=N–C) groups is 1. The van der Waals surface area contributed by atoms with Gasteiger partial charge in [-0.05, 0) is 34.9 Å². The van der Waals surface area contributed by atoms with Crippen molar-refractivity contribution in [3.63, 3.8) is 0 Å². The van der Waals surface area contributed by atoms with Gasteiger partial charge in [0.05, 0.1) is 37.0 Å². The van der Waals surface area contributed by atoms with Gasteiger partial charge in [-0.15, -0.1) is 0 Å². The van der Waals surface area contributed by atoms with E-state index >= 15 is 0 Å². The minimum atomic E-state index is -0.729. The van der Waals surface area contributed by atoms with Gasteiger partial charge in [0.25, 0.3) is 0 Å². The zero-order valence-corrected chi connectivity index (χ0v) is 19.9. The van der Waals surface area contributed by atoms with E-state index in [2.05, 4.69) is 41.0 Å². The van der Waals surface area contributed by atoms with E-state index in [1.807, 2.05) is 42.6 Å². The smallest absolute Gasteiger partial charge is 0.227 e. The number of hydrogen-bond acceptors (Lipinski definition) is 6. The summed E-state index contributed by atoms with van der Waals surface area (Å²) in [5.74, 6) is 1.20. The van der Waals surface area contributed by atoms with Crippen molar-refractivity contribution in [1.82, 2.24) is 4.57 Å². The highest BCUT2D eigenvalue weighted by Gasteiger charge is 2.44. The fourth-order valence-corrected chi connectivity index (χ4v) is 5.06. The third-order valence-corrected chi connectivity index (χ3v) is 6.91. The maximum absolute atomic E-state index is 10.5. The molecule has 2 aliphatic rings. The molecule has 0 radical (unpaired) electrons. The van der Waals surface area contributed by atoms with Crippen LogP contribution in [0.1, 0.15) is 17.5 Å². The Labute approximate surface area is 209 Å². The Hall–Kier alpha value is -3.65. The van der Waals surface area contributed by atoms with Gasteiger partial charge in [0.2, 0.25) is 12.2 Å². The number of aromatic nitrogens is 1. The molecule has 184 valence electrons. The summed E-state index contributed by atoms with van der Waals surface area (Å²) in [4.78, 5) is 4.69. The Morgan fingerprint density at radius 2 is 1.86 bits per heavy atom. The van der Waals surface area contributed by atoms with Crippen LogP contribution < -0.4 is 4.74 Å². The predicted molar refractivity (Wildman–Crippen MR) is 137 cm³/mol. The molecule has 1 aromatic heterocycles. The number of hydrogen-bond donors (Lipinski definition) is 2. The average molecular weight is 485 g/mol. The summed E-state index contributed by atoms with van der Waals surface area (Å²) in [6.07, 6.45) is 0.464. The molecule has 2 aliphatic heterocycles. The minimum absolute atomic E-state index is 0.167. The molecule has 2 N–H and O–H groups in total. The molecule has 0 spiro atoms. The summed E-state index contributed by atoms with van der Waals surface area (Å²) < 4.78 is 19.6. The monoisotopic (exact) mass is 484 g/mol. The molecular formula is C29H28N2O5. The Kier molecular flexibility index (Phi) is 5.97. The third-order valence-electron chi connectivity index (χ3n) is 6.91. The van der Waals surface area contributed by atoms with Gasteiger partial charge in [-0.25, -0.2) is 4.99 Å². The molecule has 4 atom stereocenters. The number of nitrogens with zero attached hydrogens (tertiary/aromatic N) is 2. The molecule has 1 saturated heterocycles. The first-order valence-electron chi connectivity index (χ1n) is 12.1. The van der Waals surface area contributed by atoms with E-state index < -0.39 is 24.5 Å². The van der Waals surface area contributed by atoms with Crippen molar-refractivity contribution in [3.8, 4) is 16.9 Å². The molecular weight excluding hydrogens is 456 g/mol. The van der Waals surface area contributed by atoms with Gasteiger partial charge in [-0.3, -0.25) is 0 Å². The van der Waals surface area contributed by atoms with Gasteiger partial charge in [-0.2, -0.15) is 0 Å². The van der Waals surface area contributed by atoms with Crippen LogP contribution in [0, 0.1) is 0 Å². The Bertz CT molecular complexity index is 1410. The fraction of sp³-hybridized carbons (Fsp3) is 0.276. The summed E-state index contributed by atoms with van der Waals surface area (Å²) in [7, 11) is 1.66. The molecule has 0 amide bonds. The average Bonchev–Trinajstić information content (AvgIpc) is 3.51. The zero-order chi connectivity index (χ0) is 24.6. The number of fused-ring (bicyclic) bond motifs is 2. The molecule has 0 aliphatic carbocycles. The van der Waals surface area contributed by atoms with Gasteiger partial charge in [0, 0.05) is 30.6 Å². The maximum atomic E-state index is 10.5. The third kappa shape index (κ3) is 4.15. The molecule has 0 bridgehead atoms. The Morgan fingerprint density at radius 3 is 2.67 bits per heavy atom. The van der Waals surface area contributed by atoms with Crippen molar-refractivity contribution < 1.29 is 24.4 Å². The van der Waals surface area contributed by atoms with Crippen LogP contribution in [0.25, 0.3) is 22.0 Å². The van der Waals surface area contributed by atoms with Gasteiger partial charge in [0.15, 0.2) is 0 Å². The van der Waals surface area contributed by atoms with Crippen LogP contribution in [0.3, 0.4) is 0 Å². The molecule has 36 heavy (non-hydrogen) atoms. The predicted octanol–water partition coefficient (Wildman–Crippen LogP) is 3.98. The summed E-state index contributed by atoms with van der Waals surface area (Å²) in [5.41, 5.74) is 5.33. The van der Waals surface area contributed by atoms with Crippen LogP contribution in [-0.4, -0.2) is 58.9 Å². The Morgan fingerprint density at radius 1 is 1.03 bits per heavy atom. The first-order valence-corrected chi connectivity index (χ1v) is 12.1. The van der Waals surface area contributed by atoms with Crippen LogP contribution in [0.15, 0.2) is 84.0 Å². The van der Waals surface area contributed by atoms with Crippen LogP contribution in [0.2, 0.25) is 0 Å². The lowest BCUT2D eigenvalue weighted by atomic mass is 10.0. The van der Waals surface area contributed by atoms with Crippen molar-refractivity contribution in [2.24, 2.45) is 4.99 Å². The molecule has 7 nitrogen and oxygen atoms in total. The molecule has 1 fully saturated rings. The second-order valence-corrected chi connectivity index (χ2v) is 9.27. The van der Waals surface area contributed by atoms with Crippen molar-refractivity contribution in [1.29, 1.82) is 0 Å². The van der Waals surface area contributed by atoms with E-state index in [0.717, 1.165) is 27.8 Å². The zero-order valence-electron chi connectivity index (χ0n) is 19.9. The summed E-state index contributed by atoms with van der Waals surface area (Å²) in [6.45, 7) is 0.482.